The van der Waals surface area contributed by atoms with Crippen LogP contribution in [0.2, 0.25) is 0 Å². The fourth-order valence-electron chi connectivity index (χ4n) is 4.81. The maximum atomic E-state index is 13.5. The lowest BCUT2D eigenvalue weighted by atomic mass is 10.0. The smallest absolute Gasteiger partial charge is 0.480 e. The van der Waals surface area contributed by atoms with Crippen molar-refractivity contribution < 1.29 is 52.7 Å². The van der Waals surface area contributed by atoms with Crippen molar-refractivity contribution in [2.45, 2.75) is 62.7 Å². The van der Waals surface area contributed by atoms with Crippen molar-refractivity contribution in [3.63, 3.8) is 0 Å². The number of phosphoric ester groups is 1. The molecule has 53 heavy (non-hydrogen) atoms. The second kappa shape index (κ2) is 23.2. The van der Waals surface area contributed by atoms with Gasteiger partial charge in [0.1, 0.15) is 23.9 Å². The van der Waals surface area contributed by atoms with Gasteiger partial charge in [0.05, 0.1) is 19.1 Å². The number of benzene rings is 2. The van der Waals surface area contributed by atoms with Crippen molar-refractivity contribution in [2.24, 2.45) is 11.5 Å². The predicted octanol–water partition coefficient (Wildman–Crippen LogP) is -1.08. The van der Waals surface area contributed by atoms with E-state index in [1.54, 1.807) is 30.3 Å². The number of unbranched alkanes of at least 4 members (excludes halogenated alkanes) is 1. The Morgan fingerprint density at radius 1 is 0.755 bits per heavy atom. The number of nitrogens with two attached hydrogens (primary N) is 2. The summed E-state index contributed by atoms with van der Waals surface area (Å²) in [6, 6.07) is 9.76. The molecule has 5 amide bonds. The summed E-state index contributed by atoms with van der Waals surface area (Å²) in [4.78, 5) is 94.1. The van der Waals surface area contributed by atoms with Crippen molar-refractivity contribution in [2.75, 3.05) is 31.6 Å². The van der Waals surface area contributed by atoms with Crippen molar-refractivity contribution in [1.29, 1.82) is 0 Å². The van der Waals surface area contributed by atoms with Gasteiger partial charge in [-0.3, -0.25) is 33.8 Å². The average Bonchev–Trinajstić information content (AvgIpc) is 3.11. The van der Waals surface area contributed by atoms with E-state index in [2.05, 4.69) is 31.1 Å². The summed E-state index contributed by atoms with van der Waals surface area (Å²) in [6.45, 7) is -0.695. The second-order valence-electron chi connectivity index (χ2n) is 11.9. The van der Waals surface area contributed by atoms with Crippen LogP contribution in [0, 0.1) is 0 Å². The quantitative estimate of drug-likeness (QED) is 0.0448. The van der Waals surface area contributed by atoms with Gasteiger partial charge in [0, 0.05) is 6.42 Å². The summed E-state index contributed by atoms with van der Waals surface area (Å²) in [5.74, 6) is -4.35. The van der Waals surface area contributed by atoms with Gasteiger partial charge in [-0.1, -0.05) is 42.5 Å². The molecule has 2 aromatic rings. The molecule has 2 aromatic carbocycles. The molecular weight excluding hydrogens is 733 g/mol. The molecule has 18 nitrogen and oxygen atoms in total. The van der Waals surface area contributed by atoms with Crippen LogP contribution in [-0.2, 0) is 46.2 Å². The maximum absolute atomic E-state index is 13.5. The number of carboxylic acid groups (broad SMARTS) is 1. The fourth-order valence-corrected chi connectivity index (χ4v) is 5.68. The zero-order valence-corrected chi connectivity index (χ0v) is 30.9. The fraction of sp³-hybridized carbons (Fsp3) is 0.455. The topological polar surface area (TPSA) is 302 Å². The number of rotatable bonds is 24. The number of hydrogen-bond donors (Lipinski definition) is 10. The van der Waals surface area contributed by atoms with E-state index in [0.717, 1.165) is 0 Å². The van der Waals surface area contributed by atoms with Crippen molar-refractivity contribution >= 4 is 55.1 Å². The highest BCUT2D eigenvalue weighted by Crippen LogP contribution is 2.37. The minimum atomic E-state index is -4.73. The van der Waals surface area contributed by atoms with Gasteiger partial charge in [-0.05, 0) is 73.9 Å². The van der Waals surface area contributed by atoms with Crippen LogP contribution in [0.3, 0.4) is 0 Å². The molecular formula is C33H48N7O11PS. The number of carbonyl (C=O) groups excluding carboxylic acids is 5. The molecule has 0 spiro atoms. The van der Waals surface area contributed by atoms with Gasteiger partial charge in [-0.2, -0.15) is 11.8 Å². The summed E-state index contributed by atoms with van der Waals surface area (Å²) in [5, 5.41) is 22.0. The number of nitrogens with one attached hydrogen (secondary N) is 5. The third kappa shape index (κ3) is 18.2. The minimum absolute atomic E-state index is 0.0334. The van der Waals surface area contributed by atoms with Crippen LogP contribution < -0.4 is 42.6 Å². The van der Waals surface area contributed by atoms with Crippen LogP contribution in [0.15, 0.2) is 54.6 Å². The predicted molar refractivity (Wildman–Crippen MR) is 196 cm³/mol. The summed E-state index contributed by atoms with van der Waals surface area (Å²) < 4.78 is 15.4. The lowest BCUT2D eigenvalue weighted by Crippen LogP contribution is -2.57. The number of amides is 5. The van der Waals surface area contributed by atoms with E-state index in [0.29, 0.717) is 36.3 Å². The van der Waals surface area contributed by atoms with Gasteiger partial charge in [-0.25, -0.2) is 9.36 Å². The van der Waals surface area contributed by atoms with Crippen molar-refractivity contribution in [3.8, 4) is 5.75 Å². The Hall–Kier alpha value is -4.52. The Bertz CT molecular complexity index is 1560. The molecule has 0 radical (unpaired) electrons. The molecule has 20 heteroatoms. The monoisotopic (exact) mass is 781 g/mol. The first-order valence-electron chi connectivity index (χ1n) is 16.6. The SMILES string of the molecule is CSCC[C@H](NC(=O)[C@H](Cc1ccccc1)NC(=O)CNC(=O)CNC(=O)[C@@H](N)Cc1ccc(OP(=O)(O)O)cc1)C(=O)N[C@@H](CCCCN)C(=O)O. The van der Waals surface area contributed by atoms with Gasteiger partial charge >= 0.3 is 13.8 Å². The Labute approximate surface area is 311 Å². The number of hydrogen-bond acceptors (Lipinski definition) is 11. The first-order valence-corrected chi connectivity index (χ1v) is 19.5. The van der Waals surface area contributed by atoms with Gasteiger partial charge < -0.3 is 47.7 Å². The standard InChI is InChI=1S/C33H48N7O11PS/c1-53-16-14-25(31(44)40-26(33(46)47)9-5-6-15-34)39-32(45)27(18-21-7-3-2-4-8-21)38-29(42)20-36-28(41)19-37-30(43)24(35)17-22-10-12-23(13-11-22)51-52(48,49)50/h2-4,7-8,10-13,24-27H,5-6,9,14-20,34-35H2,1H3,(H,36,41)(H,37,43)(H,38,42)(H,39,45)(H,40,44)(H,46,47)(H2,48,49,50)/t24-,25-,26-,27-/m0/s1. The average molecular weight is 782 g/mol. The summed E-state index contributed by atoms with van der Waals surface area (Å²) in [6.07, 6.45) is 3.29. The van der Waals surface area contributed by atoms with Crippen LogP contribution in [-0.4, -0.2) is 106 Å². The normalized spacial score (nSPS) is 13.4. The molecule has 0 aliphatic heterocycles. The van der Waals surface area contributed by atoms with Crippen molar-refractivity contribution in [1.82, 2.24) is 26.6 Å². The molecule has 12 N–H and O–H groups in total. The molecule has 4 atom stereocenters. The van der Waals surface area contributed by atoms with E-state index in [9.17, 15) is 38.4 Å². The molecule has 0 saturated heterocycles. The van der Waals surface area contributed by atoms with E-state index in [1.165, 1.54) is 36.0 Å². The second-order valence-corrected chi connectivity index (χ2v) is 14.0. The van der Waals surface area contributed by atoms with Crippen LogP contribution in [0.5, 0.6) is 5.75 Å². The minimum Gasteiger partial charge on any atom is -0.480 e. The maximum Gasteiger partial charge on any atom is 0.524 e. The number of phosphoric acid groups is 1. The van der Waals surface area contributed by atoms with E-state index < -0.39 is 80.6 Å². The first-order chi connectivity index (χ1) is 25.1. The molecule has 2 rings (SSSR count). The Kier molecular flexibility index (Phi) is 19.5. The zero-order valence-electron chi connectivity index (χ0n) is 29.2. The molecule has 0 heterocycles. The first kappa shape index (κ1) is 44.6. The molecule has 0 unspecified atom stereocenters. The summed E-state index contributed by atoms with van der Waals surface area (Å²) in [7, 11) is -4.73. The lowest BCUT2D eigenvalue weighted by molar-refractivity contribution is -0.142. The van der Waals surface area contributed by atoms with Crippen LogP contribution >= 0.6 is 19.6 Å². The van der Waals surface area contributed by atoms with E-state index >= 15 is 0 Å². The highest BCUT2D eigenvalue weighted by atomic mass is 32.2. The number of carbonyl (C=O) groups is 6. The highest BCUT2D eigenvalue weighted by molar-refractivity contribution is 7.98. The zero-order chi connectivity index (χ0) is 39.4. The third-order valence-corrected chi connectivity index (χ3v) is 8.64. The highest BCUT2D eigenvalue weighted by Gasteiger charge is 2.29. The van der Waals surface area contributed by atoms with E-state index in [4.69, 9.17) is 21.3 Å². The van der Waals surface area contributed by atoms with Crippen LogP contribution in [0.25, 0.3) is 0 Å². The Morgan fingerprint density at radius 2 is 1.36 bits per heavy atom. The number of aliphatic carboxylic acids is 1. The van der Waals surface area contributed by atoms with Crippen molar-refractivity contribution in [3.05, 3.63) is 65.7 Å². The van der Waals surface area contributed by atoms with Gasteiger partial charge in [0.2, 0.25) is 29.5 Å². The molecule has 0 aliphatic carbocycles. The Balaban J connectivity index is 1.98. The van der Waals surface area contributed by atoms with Gasteiger partial charge in [0.15, 0.2) is 0 Å². The van der Waals surface area contributed by atoms with Gasteiger partial charge in [0.25, 0.3) is 0 Å². The number of carboxylic acids is 1. The van der Waals surface area contributed by atoms with Crippen LogP contribution in [0.4, 0.5) is 0 Å². The summed E-state index contributed by atoms with van der Waals surface area (Å²) >= 11 is 1.43. The lowest BCUT2D eigenvalue weighted by Gasteiger charge is -2.24. The Morgan fingerprint density at radius 3 is 1.96 bits per heavy atom. The van der Waals surface area contributed by atoms with E-state index in [1.807, 2.05) is 6.26 Å². The molecule has 0 aromatic heterocycles. The summed E-state index contributed by atoms with van der Waals surface area (Å²) in [5.41, 5.74) is 12.7. The molecule has 0 aliphatic rings. The number of thioether (sulfide) groups is 1. The molecule has 0 fully saturated rings. The van der Waals surface area contributed by atoms with Gasteiger partial charge in [-0.15, -0.1) is 0 Å². The third-order valence-electron chi connectivity index (χ3n) is 7.55. The van der Waals surface area contributed by atoms with E-state index in [-0.39, 0.29) is 31.4 Å². The molecule has 0 saturated carbocycles. The van der Waals surface area contributed by atoms with Crippen LogP contribution in [0.1, 0.15) is 36.8 Å². The largest absolute Gasteiger partial charge is 0.524 e. The molecule has 0 bridgehead atoms. The molecule has 292 valence electrons.